The lowest BCUT2D eigenvalue weighted by Crippen LogP contribution is -2.13. The molecule has 0 amide bonds. The van der Waals surface area contributed by atoms with Crippen LogP contribution in [0.25, 0.3) is 0 Å². The Hall–Kier alpha value is -1.55. The van der Waals surface area contributed by atoms with E-state index in [4.69, 9.17) is 4.74 Å². The summed E-state index contributed by atoms with van der Waals surface area (Å²) in [7, 11) is 0. The van der Waals surface area contributed by atoms with Gasteiger partial charge in [0, 0.05) is 11.4 Å². The summed E-state index contributed by atoms with van der Waals surface area (Å²) in [6.45, 7) is 2.91. The summed E-state index contributed by atoms with van der Waals surface area (Å²) >= 11 is 0. The third-order valence-corrected chi connectivity index (χ3v) is 3.27. The van der Waals surface area contributed by atoms with Crippen molar-refractivity contribution in [3.05, 3.63) is 47.2 Å². The Balaban J connectivity index is 1.78. The molecule has 0 N–H and O–H groups in total. The van der Waals surface area contributed by atoms with Crippen LogP contribution in [0.5, 0.6) is 0 Å². The van der Waals surface area contributed by atoms with Crippen molar-refractivity contribution in [1.82, 2.24) is 0 Å². The van der Waals surface area contributed by atoms with Gasteiger partial charge in [-0.2, -0.15) is 0 Å². The summed E-state index contributed by atoms with van der Waals surface area (Å²) in [5.41, 5.74) is 2.49. The lowest BCUT2D eigenvalue weighted by molar-refractivity contribution is 0.173. The van der Waals surface area contributed by atoms with Crippen LogP contribution in [-0.2, 0) is 11.2 Å². The molecule has 0 aromatic heterocycles. The third-order valence-electron chi connectivity index (χ3n) is 3.27. The molecule has 0 fully saturated rings. The maximum absolute atomic E-state index is 13.4. The zero-order valence-corrected chi connectivity index (χ0v) is 11.7. The number of allylic oxidation sites excluding steroid dienone is 2. The molecule has 108 valence electrons. The van der Waals surface area contributed by atoms with Gasteiger partial charge in [-0.15, -0.1) is 0 Å². The Kier molecular flexibility index (Phi) is 5.41. The molecule has 2 nitrogen and oxygen atoms in total. The number of ether oxygens (including phenoxy) is 1. The number of rotatable bonds is 6. The van der Waals surface area contributed by atoms with E-state index in [-0.39, 0.29) is 5.82 Å². The van der Waals surface area contributed by atoms with Crippen LogP contribution < -0.4 is 0 Å². The Labute approximate surface area is 118 Å². The van der Waals surface area contributed by atoms with Gasteiger partial charge in [0.15, 0.2) is 0 Å². The quantitative estimate of drug-likeness (QED) is 0.720. The molecule has 1 heterocycles. The normalized spacial score (nSPS) is 14.9. The average molecular weight is 279 g/mol. The SMILES string of the molecule is CCC1=CCCC(COCCc2cc(F)ccc2F)=N1. The Bertz CT molecular complexity index is 523. The highest BCUT2D eigenvalue weighted by Gasteiger charge is 2.07. The maximum Gasteiger partial charge on any atom is 0.126 e. The second-order valence-corrected chi connectivity index (χ2v) is 4.80. The smallest absolute Gasteiger partial charge is 0.126 e. The van der Waals surface area contributed by atoms with Crippen LogP contribution in [0.3, 0.4) is 0 Å². The second kappa shape index (κ2) is 7.29. The van der Waals surface area contributed by atoms with Gasteiger partial charge in [0.1, 0.15) is 11.6 Å². The number of benzene rings is 1. The van der Waals surface area contributed by atoms with Crippen LogP contribution in [0.1, 0.15) is 31.7 Å². The number of nitrogens with zero attached hydrogens (tertiary/aromatic N) is 1. The molecule has 0 saturated heterocycles. The van der Waals surface area contributed by atoms with Crippen LogP contribution in [0.15, 0.2) is 35.0 Å². The molecule has 0 unspecified atom stereocenters. The highest BCUT2D eigenvalue weighted by Crippen LogP contribution is 2.14. The molecule has 2 rings (SSSR count). The summed E-state index contributed by atoms with van der Waals surface area (Å²) in [6, 6.07) is 3.48. The van der Waals surface area contributed by atoms with Gasteiger partial charge in [0.05, 0.1) is 13.2 Å². The first kappa shape index (κ1) is 14.9. The summed E-state index contributed by atoms with van der Waals surface area (Å²) in [5.74, 6) is -0.808. The van der Waals surface area contributed by atoms with Gasteiger partial charge < -0.3 is 4.74 Å². The molecule has 0 bridgehead atoms. The number of halogens is 2. The molecule has 1 aromatic rings. The van der Waals surface area contributed by atoms with E-state index < -0.39 is 5.82 Å². The standard InChI is InChI=1S/C16H19F2NO/c1-2-14-4-3-5-15(19-14)11-20-9-8-12-10-13(17)6-7-16(12)18/h4,6-7,10H,2-3,5,8-9,11H2,1H3. The lowest BCUT2D eigenvalue weighted by atomic mass is 10.1. The first-order valence-corrected chi connectivity index (χ1v) is 6.96. The molecular weight excluding hydrogens is 260 g/mol. The molecule has 0 atom stereocenters. The van der Waals surface area contributed by atoms with E-state index >= 15 is 0 Å². The van der Waals surface area contributed by atoms with E-state index in [1.54, 1.807) is 0 Å². The predicted octanol–water partition coefficient (Wildman–Crippen LogP) is 4.05. The Morgan fingerprint density at radius 2 is 2.15 bits per heavy atom. The number of hydrogen-bond acceptors (Lipinski definition) is 2. The maximum atomic E-state index is 13.4. The van der Waals surface area contributed by atoms with Gasteiger partial charge in [-0.3, -0.25) is 4.99 Å². The van der Waals surface area contributed by atoms with Crippen LogP contribution in [0.4, 0.5) is 8.78 Å². The minimum atomic E-state index is -0.421. The van der Waals surface area contributed by atoms with Crippen LogP contribution in [0, 0.1) is 11.6 Å². The van der Waals surface area contributed by atoms with E-state index in [2.05, 4.69) is 18.0 Å². The van der Waals surface area contributed by atoms with Crippen molar-refractivity contribution < 1.29 is 13.5 Å². The number of hydrogen-bond donors (Lipinski definition) is 0. The summed E-state index contributed by atoms with van der Waals surface area (Å²) in [4.78, 5) is 4.50. The second-order valence-electron chi connectivity index (χ2n) is 4.80. The van der Waals surface area contributed by atoms with Gasteiger partial charge in [-0.1, -0.05) is 13.0 Å². The molecule has 0 spiro atoms. The van der Waals surface area contributed by atoms with Crippen molar-refractivity contribution >= 4 is 5.71 Å². The largest absolute Gasteiger partial charge is 0.375 e. The monoisotopic (exact) mass is 279 g/mol. The van der Waals surface area contributed by atoms with E-state index in [0.29, 0.717) is 25.2 Å². The van der Waals surface area contributed by atoms with Crippen LogP contribution >= 0.6 is 0 Å². The van der Waals surface area contributed by atoms with Crippen molar-refractivity contribution in [2.24, 2.45) is 4.99 Å². The van der Waals surface area contributed by atoms with E-state index in [1.807, 2.05) is 0 Å². The van der Waals surface area contributed by atoms with Crippen molar-refractivity contribution in [1.29, 1.82) is 0 Å². The minimum Gasteiger partial charge on any atom is -0.375 e. The van der Waals surface area contributed by atoms with Crippen molar-refractivity contribution in [2.45, 2.75) is 32.6 Å². The zero-order valence-electron chi connectivity index (χ0n) is 11.7. The molecule has 0 saturated carbocycles. The van der Waals surface area contributed by atoms with Gasteiger partial charge in [0.25, 0.3) is 0 Å². The van der Waals surface area contributed by atoms with Crippen molar-refractivity contribution in [3.8, 4) is 0 Å². The van der Waals surface area contributed by atoms with Gasteiger partial charge in [0.2, 0.25) is 0 Å². The molecule has 1 aromatic carbocycles. The first-order chi connectivity index (χ1) is 9.69. The molecule has 1 aliphatic heterocycles. The lowest BCUT2D eigenvalue weighted by Gasteiger charge is -2.12. The molecule has 1 aliphatic rings. The van der Waals surface area contributed by atoms with E-state index in [1.165, 1.54) is 6.07 Å². The highest BCUT2D eigenvalue weighted by molar-refractivity contribution is 5.87. The van der Waals surface area contributed by atoms with Crippen LogP contribution in [0.2, 0.25) is 0 Å². The van der Waals surface area contributed by atoms with E-state index in [9.17, 15) is 8.78 Å². The molecular formula is C16H19F2NO. The van der Waals surface area contributed by atoms with Gasteiger partial charge >= 0.3 is 0 Å². The highest BCUT2D eigenvalue weighted by atomic mass is 19.1. The van der Waals surface area contributed by atoms with Gasteiger partial charge in [-0.25, -0.2) is 8.78 Å². The van der Waals surface area contributed by atoms with Gasteiger partial charge in [-0.05, 0) is 49.4 Å². The summed E-state index contributed by atoms with van der Waals surface area (Å²) in [6.07, 6.45) is 5.36. The van der Waals surface area contributed by atoms with Crippen molar-refractivity contribution in [2.75, 3.05) is 13.2 Å². The molecule has 4 heteroatoms. The average Bonchev–Trinajstić information content (AvgIpc) is 2.47. The molecule has 0 radical (unpaired) electrons. The summed E-state index contributed by atoms with van der Waals surface area (Å²) < 4.78 is 31.9. The topological polar surface area (TPSA) is 21.6 Å². The predicted molar refractivity (Wildman–Crippen MR) is 75.9 cm³/mol. The van der Waals surface area contributed by atoms with Crippen molar-refractivity contribution in [3.63, 3.8) is 0 Å². The zero-order chi connectivity index (χ0) is 14.4. The Morgan fingerprint density at radius 1 is 1.30 bits per heavy atom. The molecule has 0 aliphatic carbocycles. The first-order valence-electron chi connectivity index (χ1n) is 6.96. The fourth-order valence-electron chi connectivity index (χ4n) is 2.14. The summed E-state index contributed by atoms with van der Waals surface area (Å²) in [5, 5.41) is 0. The minimum absolute atomic E-state index is 0.352. The fraction of sp³-hybridized carbons (Fsp3) is 0.438. The fourth-order valence-corrected chi connectivity index (χ4v) is 2.14. The Morgan fingerprint density at radius 3 is 2.95 bits per heavy atom. The third kappa shape index (κ3) is 4.23. The molecule has 20 heavy (non-hydrogen) atoms. The van der Waals surface area contributed by atoms with E-state index in [0.717, 1.165) is 42.8 Å². The number of aliphatic imine (C=N–C) groups is 1. The van der Waals surface area contributed by atoms with Crippen LogP contribution in [-0.4, -0.2) is 18.9 Å².